The molecule has 0 heterocycles. The summed E-state index contributed by atoms with van der Waals surface area (Å²) >= 11 is 10.4. The molecule has 104 valence electrons. The van der Waals surface area contributed by atoms with Gasteiger partial charge in [-0.2, -0.15) is 0 Å². The Bertz CT molecular complexity index is 622. The molecule has 1 N–H and O–H groups in total. The maximum atomic E-state index is 10.6. The van der Waals surface area contributed by atoms with Crippen molar-refractivity contribution in [3.63, 3.8) is 0 Å². The molecule has 4 nitrogen and oxygen atoms in total. The van der Waals surface area contributed by atoms with Gasteiger partial charge in [-0.1, -0.05) is 28.1 Å². The van der Waals surface area contributed by atoms with E-state index in [1.807, 2.05) is 12.1 Å². The number of anilines is 1. The Hall–Kier alpha value is -0.920. The van der Waals surface area contributed by atoms with E-state index >= 15 is 0 Å². The molecule has 0 saturated heterocycles. The lowest BCUT2D eigenvalue weighted by Crippen LogP contribution is -2.01. The zero-order chi connectivity index (χ0) is 14.7. The zero-order valence-electron chi connectivity index (χ0n) is 10.1. The first-order valence-corrected chi connectivity index (χ1v) is 7.97. The third-order valence-electron chi connectivity index (χ3n) is 2.62. The molecule has 0 radical (unpaired) electrons. The Morgan fingerprint density at radius 2 is 1.60 bits per heavy atom. The summed E-state index contributed by atoms with van der Waals surface area (Å²) in [6, 6.07) is 10.4. The number of hydrogen-bond donors (Lipinski definition) is 1. The van der Waals surface area contributed by atoms with E-state index in [-0.39, 0.29) is 5.69 Å². The van der Waals surface area contributed by atoms with Crippen LogP contribution in [0.15, 0.2) is 49.8 Å². The maximum absolute atomic E-state index is 10.6. The Morgan fingerprint density at radius 1 is 1.05 bits per heavy atom. The molecule has 2 rings (SSSR count). The lowest BCUT2D eigenvalue weighted by molar-refractivity contribution is -0.384. The number of benzene rings is 2. The molecule has 20 heavy (non-hydrogen) atoms. The first kappa shape index (κ1) is 15.5. The molecule has 0 unspecified atom stereocenters. The first-order valence-electron chi connectivity index (χ1n) is 5.59. The van der Waals surface area contributed by atoms with E-state index in [1.54, 1.807) is 12.1 Å². The van der Waals surface area contributed by atoms with Gasteiger partial charge in [-0.3, -0.25) is 10.1 Å². The van der Waals surface area contributed by atoms with Gasteiger partial charge in [0.2, 0.25) is 0 Å². The van der Waals surface area contributed by atoms with Crippen LogP contribution in [0.3, 0.4) is 0 Å². The van der Waals surface area contributed by atoms with Crippen LogP contribution < -0.4 is 5.32 Å². The topological polar surface area (TPSA) is 55.2 Å². The van der Waals surface area contributed by atoms with E-state index in [0.717, 1.165) is 24.7 Å². The fourth-order valence-corrected chi connectivity index (χ4v) is 4.18. The van der Waals surface area contributed by atoms with Crippen molar-refractivity contribution >= 4 is 59.2 Å². The number of non-ortho nitro benzene ring substituents is 1. The van der Waals surface area contributed by atoms with Gasteiger partial charge in [0.05, 0.1) is 10.6 Å². The number of nitrogens with zero attached hydrogens (tertiary/aromatic N) is 1. The first-order chi connectivity index (χ1) is 9.47. The summed E-state index contributed by atoms with van der Waals surface area (Å²) < 4.78 is 2.83. The highest BCUT2D eigenvalue weighted by Crippen LogP contribution is 2.34. The van der Waals surface area contributed by atoms with Gasteiger partial charge < -0.3 is 5.32 Å². The minimum atomic E-state index is -0.404. The van der Waals surface area contributed by atoms with Gasteiger partial charge in [0, 0.05) is 32.1 Å². The van der Waals surface area contributed by atoms with Crippen LogP contribution in [0.5, 0.6) is 0 Å². The Morgan fingerprint density at radius 3 is 2.10 bits per heavy atom. The van der Waals surface area contributed by atoms with Gasteiger partial charge in [-0.15, -0.1) is 0 Å². The average Bonchev–Trinajstić information content (AvgIpc) is 2.38. The number of nitrogens with one attached hydrogen (secondary N) is 1. The summed E-state index contributed by atoms with van der Waals surface area (Å²) in [4.78, 5) is 10.2. The highest BCUT2D eigenvalue weighted by Gasteiger charge is 2.07. The van der Waals surface area contributed by atoms with E-state index in [1.165, 1.54) is 12.1 Å². The SMILES string of the molecule is O=[N+]([O-])c1ccc(CNc2c(Br)cc(Br)cc2Br)cc1. The predicted octanol–water partition coefficient (Wildman–Crippen LogP) is 5.49. The third-order valence-corrected chi connectivity index (χ3v) is 4.33. The van der Waals surface area contributed by atoms with Crippen LogP contribution in [0.25, 0.3) is 0 Å². The van der Waals surface area contributed by atoms with Crippen molar-refractivity contribution in [2.75, 3.05) is 5.32 Å². The highest BCUT2D eigenvalue weighted by atomic mass is 79.9. The largest absolute Gasteiger partial charge is 0.379 e. The summed E-state index contributed by atoms with van der Waals surface area (Å²) in [5.41, 5.74) is 2.00. The predicted molar refractivity (Wildman–Crippen MR) is 90.0 cm³/mol. The molecule has 2 aromatic carbocycles. The van der Waals surface area contributed by atoms with Gasteiger partial charge in [0.1, 0.15) is 0 Å². The van der Waals surface area contributed by atoms with Crippen molar-refractivity contribution < 1.29 is 4.92 Å². The normalized spacial score (nSPS) is 10.3. The Labute approximate surface area is 141 Å². The summed E-state index contributed by atoms with van der Waals surface area (Å²) in [7, 11) is 0. The molecule has 0 aliphatic rings. The summed E-state index contributed by atoms with van der Waals surface area (Å²) in [6.07, 6.45) is 0. The quantitative estimate of drug-likeness (QED) is 0.480. The minimum Gasteiger partial charge on any atom is -0.379 e. The molecule has 0 aliphatic heterocycles. The molecule has 0 atom stereocenters. The number of nitro groups is 1. The molecule has 0 bridgehead atoms. The van der Waals surface area contributed by atoms with Gasteiger partial charge in [0.25, 0.3) is 5.69 Å². The van der Waals surface area contributed by atoms with E-state index < -0.39 is 4.92 Å². The molecular formula is C13H9Br3N2O2. The van der Waals surface area contributed by atoms with Crippen molar-refractivity contribution in [2.24, 2.45) is 0 Å². The average molecular weight is 465 g/mol. The van der Waals surface area contributed by atoms with Crippen molar-refractivity contribution in [1.29, 1.82) is 0 Å². The fourth-order valence-electron chi connectivity index (χ4n) is 1.64. The third kappa shape index (κ3) is 3.80. The second-order valence-corrected chi connectivity index (χ2v) is 6.65. The molecule has 0 amide bonds. The number of hydrogen-bond acceptors (Lipinski definition) is 3. The van der Waals surface area contributed by atoms with Gasteiger partial charge in [0.15, 0.2) is 0 Å². The maximum Gasteiger partial charge on any atom is 0.269 e. The molecule has 0 aliphatic carbocycles. The molecule has 0 spiro atoms. The summed E-state index contributed by atoms with van der Waals surface area (Å²) in [5.74, 6) is 0. The van der Waals surface area contributed by atoms with Crippen LogP contribution in [-0.2, 0) is 6.54 Å². The van der Waals surface area contributed by atoms with Crippen LogP contribution >= 0.6 is 47.8 Å². The number of nitro benzene ring substituents is 1. The zero-order valence-corrected chi connectivity index (χ0v) is 14.8. The smallest absolute Gasteiger partial charge is 0.269 e. The van der Waals surface area contributed by atoms with Crippen LogP contribution in [0.1, 0.15) is 5.56 Å². The highest BCUT2D eigenvalue weighted by molar-refractivity contribution is 9.11. The number of halogens is 3. The fraction of sp³-hybridized carbons (Fsp3) is 0.0769. The van der Waals surface area contributed by atoms with Crippen molar-refractivity contribution in [3.05, 3.63) is 65.5 Å². The van der Waals surface area contributed by atoms with Crippen LogP contribution in [0.2, 0.25) is 0 Å². The monoisotopic (exact) mass is 462 g/mol. The molecular weight excluding hydrogens is 456 g/mol. The van der Waals surface area contributed by atoms with Crippen LogP contribution in [0, 0.1) is 10.1 Å². The lowest BCUT2D eigenvalue weighted by Gasteiger charge is -2.11. The second-order valence-electron chi connectivity index (χ2n) is 4.02. The Balaban J connectivity index is 2.11. The van der Waals surface area contributed by atoms with Gasteiger partial charge in [-0.25, -0.2) is 0 Å². The van der Waals surface area contributed by atoms with Gasteiger partial charge in [-0.05, 0) is 49.6 Å². The van der Waals surface area contributed by atoms with Crippen molar-refractivity contribution in [3.8, 4) is 0 Å². The molecule has 0 saturated carbocycles. The molecule has 7 heteroatoms. The molecule has 0 fully saturated rings. The Kier molecular flexibility index (Phi) is 5.17. The van der Waals surface area contributed by atoms with Crippen LogP contribution in [0.4, 0.5) is 11.4 Å². The van der Waals surface area contributed by atoms with E-state index in [9.17, 15) is 10.1 Å². The molecule has 0 aromatic heterocycles. The number of rotatable bonds is 4. The molecule has 2 aromatic rings. The standard InChI is InChI=1S/C13H9Br3N2O2/c14-9-5-11(15)13(12(16)6-9)17-7-8-1-3-10(4-2-8)18(19)20/h1-6,17H,7H2. The lowest BCUT2D eigenvalue weighted by atomic mass is 10.2. The van der Waals surface area contributed by atoms with Crippen molar-refractivity contribution in [2.45, 2.75) is 6.54 Å². The van der Waals surface area contributed by atoms with Gasteiger partial charge >= 0.3 is 0 Å². The van der Waals surface area contributed by atoms with E-state index in [0.29, 0.717) is 6.54 Å². The summed E-state index contributed by atoms with van der Waals surface area (Å²) in [5, 5.41) is 13.9. The summed E-state index contributed by atoms with van der Waals surface area (Å²) in [6.45, 7) is 0.580. The van der Waals surface area contributed by atoms with E-state index in [4.69, 9.17) is 0 Å². The second kappa shape index (κ2) is 6.69. The van der Waals surface area contributed by atoms with Crippen molar-refractivity contribution in [1.82, 2.24) is 0 Å². The van der Waals surface area contributed by atoms with E-state index in [2.05, 4.69) is 53.1 Å². The van der Waals surface area contributed by atoms with Crippen LogP contribution in [-0.4, -0.2) is 4.92 Å². The minimum absolute atomic E-state index is 0.0970.